The number of carbonyl (C=O) groups is 3. The predicted octanol–water partition coefficient (Wildman–Crippen LogP) is 0.839. The van der Waals surface area contributed by atoms with Crippen LogP contribution in [-0.4, -0.2) is 37.4 Å². The fraction of sp³-hybridized carbons (Fsp3) is 0.211. The van der Waals surface area contributed by atoms with Crippen LogP contribution in [0.25, 0.3) is 11.1 Å². The lowest BCUT2D eigenvalue weighted by Crippen LogP contribution is -2.48. The maximum atomic E-state index is 12.0. The Kier molecular flexibility index (Phi) is 6.73. The molecule has 7 nitrogen and oxygen atoms in total. The zero-order chi connectivity index (χ0) is 18.9. The van der Waals surface area contributed by atoms with Gasteiger partial charge in [0.1, 0.15) is 11.8 Å². The molecule has 4 N–H and O–H groups in total. The second kappa shape index (κ2) is 9.22. The van der Waals surface area contributed by atoms with Gasteiger partial charge in [-0.1, -0.05) is 42.5 Å². The third kappa shape index (κ3) is 5.62. The minimum absolute atomic E-state index is 0.283. The first kappa shape index (κ1) is 19.0. The van der Waals surface area contributed by atoms with Gasteiger partial charge >= 0.3 is 0 Å². The summed E-state index contributed by atoms with van der Waals surface area (Å²) >= 11 is 0. The number of benzene rings is 2. The Morgan fingerprint density at radius 1 is 1.04 bits per heavy atom. The molecule has 26 heavy (non-hydrogen) atoms. The summed E-state index contributed by atoms with van der Waals surface area (Å²) in [7, 11) is 1.41. The van der Waals surface area contributed by atoms with E-state index in [0.29, 0.717) is 5.75 Å². The minimum atomic E-state index is -1.02. The average Bonchev–Trinajstić information content (AvgIpc) is 2.66. The van der Waals surface area contributed by atoms with E-state index in [1.807, 2.05) is 48.5 Å². The second-order valence-electron chi connectivity index (χ2n) is 5.59. The second-order valence-corrected chi connectivity index (χ2v) is 5.59. The van der Waals surface area contributed by atoms with Gasteiger partial charge in [0, 0.05) is 7.05 Å². The van der Waals surface area contributed by atoms with Gasteiger partial charge in [0.15, 0.2) is 6.61 Å². The summed E-state index contributed by atoms with van der Waals surface area (Å²) in [5, 5.41) is 4.81. The van der Waals surface area contributed by atoms with Crippen LogP contribution in [0.2, 0.25) is 0 Å². The van der Waals surface area contributed by atoms with Crippen LogP contribution in [0.5, 0.6) is 5.75 Å². The molecule has 0 aliphatic heterocycles. The van der Waals surface area contributed by atoms with Gasteiger partial charge in [0.2, 0.25) is 11.8 Å². The third-order valence-electron chi connectivity index (χ3n) is 3.61. The molecule has 1 atom stereocenters. The van der Waals surface area contributed by atoms with Gasteiger partial charge in [-0.05, 0) is 23.3 Å². The lowest BCUT2D eigenvalue weighted by molar-refractivity contribution is -0.131. The van der Waals surface area contributed by atoms with Gasteiger partial charge in [0.05, 0.1) is 6.42 Å². The first-order valence-corrected chi connectivity index (χ1v) is 8.07. The topological polar surface area (TPSA) is 111 Å². The highest BCUT2D eigenvalue weighted by Gasteiger charge is 2.21. The smallest absolute Gasteiger partial charge is 0.258 e. The summed E-state index contributed by atoms with van der Waals surface area (Å²) in [5.41, 5.74) is 7.09. The Morgan fingerprint density at radius 2 is 1.73 bits per heavy atom. The molecule has 0 fully saturated rings. The van der Waals surface area contributed by atoms with Crippen molar-refractivity contribution in [3.05, 3.63) is 54.6 Å². The number of nitrogens with one attached hydrogen (secondary N) is 2. The van der Waals surface area contributed by atoms with Gasteiger partial charge in [-0.2, -0.15) is 0 Å². The highest BCUT2D eigenvalue weighted by molar-refractivity contribution is 5.91. The molecule has 0 saturated heterocycles. The number of rotatable bonds is 8. The Bertz CT molecular complexity index is 777. The molecule has 0 bridgehead atoms. The third-order valence-corrected chi connectivity index (χ3v) is 3.61. The van der Waals surface area contributed by atoms with E-state index in [2.05, 4.69) is 10.6 Å². The van der Waals surface area contributed by atoms with E-state index in [0.717, 1.165) is 11.1 Å². The number of carbonyl (C=O) groups excluding carboxylic acids is 3. The summed E-state index contributed by atoms with van der Waals surface area (Å²) in [6.45, 7) is -0.287. The van der Waals surface area contributed by atoms with E-state index in [9.17, 15) is 14.4 Å². The number of hydrogen-bond acceptors (Lipinski definition) is 4. The number of amides is 3. The van der Waals surface area contributed by atoms with Crippen LogP contribution in [0.1, 0.15) is 6.42 Å². The van der Waals surface area contributed by atoms with Crippen molar-refractivity contribution >= 4 is 17.7 Å². The Labute approximate surface area is 151 Å². The molecule has 0 unspecified atom stereocenters. The Hall–Kier alpha value is -3.35. The molecular formula is C19H21N3O4. The van der Waals surface area contributed by atoms with Crippen LogP contribution >= 0.6 is 0 Å². The maximum absolute atomic E-state index is 12.0. The van der Waals surface area contributed by atoms with Crippen molar-refractivity contribution in [1.82, 2.24) is 10.6 Å². The monoisotopic (exact) mass is 355 g/mol. The van der Waals surface area contributed by atoms with Crippen LogP contribution in [-0.2, 0) is 14.4 Å². The van der Waals surface area contributed by atoms with Crippen LogP contribution in [0.4, 0.5) is 0 Å². The Morgan fingerprint density at radius 3 is 2.38 bits per heavy atom. The molecule has 2 rings (SSSR count). The molecule has 136 valence electrons. The van der Waals surface area contributed by atoms with Gasteiger partial charge in [-0.3, -0.25) is 14.4 Å². The summed E-state index contributed by atoms with van der Waals surface area (Å²) in [4.78, 5) is 34.7. The molecule has 0 heterocycles. The fourth-order valence-corrected chi connectivity index (χ4v) is 2.37. The molecule has 0 spiro atoms. The van der Waals surface area contributed by atoms with E-state index in [4.69, 9.17) is 10.5 Å². The number of nitrogens with two attached hydrogens (primary N) is 1. The van der Waals surface area contributed by atoms with Gasteiger partial charge < -0.3 is 21.1 Å². The normalized spacial score (nSPS) is 11.3. The summed E-state index contributed by atoms with van der Waals surface area (Å²) in [6, 6.07) is 16.1. The van der Waals surface area contributed by atoms with Gasteiger partial charge in [0.25, 0.3) is 5.91 Å². The van der Waals surface area contributed by atoms with E-state index in [1.165, 1.54) is 7.05 Å². The van der Waals surface area contributed by atoms with E-state index in [-0.39, 0.29) is 13.0 Å². The van der Waals surface area contributed by atoms with Crippen molar-refractivity contribution in [1.29, 1.82) is 0 Å². The standard InChI is InChI=1S/C19H21N3O4/c1-21-19(25)16(11-17(20)23)22-18(24)12-26-15-9-5-8-14(10-15)13-6-3-2-4-7-13/h2-10,16H,11-12H2,1H3,(H2,20,23)(H,21,25)(H,22,24)/t16-/m0/s1. The van der Waals surface area contributed by atoms with Crippen molar-refractivity contribution in [2.24, 2.45) is 5.73 Å². The molecule has 0 aromatic heterocycles. The molecule has 0 radical (unpaired) electrons. The molecule has 0 aliphatic rings. The number of likely N-dealkylation sites (N-methyl/N-ethyl adjacent to an activating group) is 1. The number of ether oxygens (including phenoxy) is 1. The Balaban J connectivity index is 1.96. The summed E-state index contributed by atoms with van der Waals surface area (Å²) < 4.78 is 5.49. The fourth-order valence-electron chi connectivity index (χ4n) is 2.37. The van der Waals surface area contributed by atoms with Crippen LogP contribution in [0.3, 0.4) is 0 Å². The van der Waals surface area contributed by atoms with Crippen molar-refractivity contribution in [2.75, 3.05) is 13.7 Å². The molecule has 7 heteroatoms. The summed E-state index contributed by atoms with van der Waals surface area (Å²) in [5.74, 6) is -1.18. The van der Waals surface area contributed by atoms with E-state index in [1.54, 1.807) is 6.07 Å². The van der Waals surface area contributed by atoms with E-state index >= 15 is 0 Å². The number of primary amides is 1. The van der Waals surface area contributed by atoms with Gasteiger partial charge in [-0.25, -0.2) is 0 Å². The molecule has 0 saturated carbocycles. The largest absolute Gasteiger partial charge is 0.484 e. The number of hydrogen-bond donors (Lipinski definition) is 3. The zero-order valence-electron chi connectivity index (χ0n) is 14.4. The highest BCUT2D eigenvalue weighted by atomic mass is 16.5. The van der Waals surface area contributed by atoms with Crippen molar-refractivity contribution < 1.29 is 19.1 Å². The van der Waals surface area contributed by atoms with Crippen LogP contribution in [0.15, 0.2) is 54.6 Å². The average molecular weight is 355 g/mol. The highest BCUT2D eigenvalue weighted by Crippen LogP contribution is 2.23. The first-order valence-electron chi connectivity index (χ1n) is 8.07. The predicted molar refractivity (Wildman–Crippen MR) is 97.2 cm³/mol. The molecule has 2 aromatic carbocycles. The zero-order valence-corrected chi connectivity index (χ0v) is 14.4. The molecule has 3 amide bonds. The van der Waals surface area contributed by atoms with Crippen molar-refractivity contribution in [2.45, 2.75) is 12.5 Å². The molecular weight excluding hydrogens is 334 g/mol. The quantitative estimate of drug-likeness (QED) is 0.651. The van der Waals surface area contributed by atoms with Crippen molar-refractivity contribution in [3.8, 4) is 16.9 Å². The van der Waals surface area contributed by atoms with Gasteiger partial charge in [-0.15, -0.1) is 0 Å². The first-order chi connectivity index (χ1) is 12.5. The van der Waals surface area contributed by atoms with Crippen LogP contribution in [0, 0.1) is 0 Å². The van der Waals surface area contributed by atoms with Crippen LogP contribution < -0.4 is 21.1 Å². The van der Waals surface area contributed by atoms with E-state index < -0.39 is 23.8 Å². The summed E-state index contributed by atoms with van der Waals surface area (Å²) in [6.07, 6.45) is -0.283. The molecule has 2 aromatic rings. The molecule has 0 aliphatic carbocycles. The SMILES string of the molecule is CNC(=O)[C@H](CC(N)=O)NC(=O)COc1cccc(-c2ccccc2)c1. The maximum Gasteiger partial charge on any atom is 0.258 e. The minimum Gasteiger partial charge on any atom is -0.484 e. The van der Waals surface area contributed by atoms with Crippen molar-refractivity contribution in [3.63, 3.8) is 0 Å². The lowest BCUT2D eigenvalue weighted by Gasteiger charge is -2.16. The lowest BCUT2D eigenvalue weighted by atomic mass is 10.1.